The molecule has 1 aromatic heterocycles. The van der Waals surface area contributed by atoms with Gasteiger partial charge in [-0.05, 0) is 25.0 Å². The quantitative estimate of drug-likeness (QED) is 0.816. The number of aromatic nitrogens is 1. The van der Waals surface area contributed by atoms with Gasteiger partial charge >= 0.3 is 0 Å². The number of sulfonamides is 1. The maximum Gasteiger partial charge on any atom is 0.209 e. The third-order valence-corrected chi connectivity index (χ3v) is 3.53. The average Bonchev–Trinajstić information content (AvgIpc) is 2.37. The summed E-state index contributed by atoms with van der Waals surface area (Å²) >= 11 is 0. The van der Waals surface area contributed by atoms with Crippen molar-refractivity contribution >= 4 is 20.9 Å². The summed E-state index contributed by atoms with van der Waals surface area (Å²) in [6.45, 7) is 0.450. The average molecular weight is 280 g/mol. The lowest BCUT2D eigenvalue weighted by atomic mass is 10.2. The smallest absolute Gasteiger partial charge is 0.209 e. The van der Waals surface area contributed by atoms with Gasteiger partial charge in [-0.1, -0.05) is 18.2 Å². The first-order valence-electron chi connectivity index (χ1n) is 6.03. The molecule has 0 radical (unpaired) electrons. The van der Waals surface area contributed by atoms with Crippen molar-refractivity contribution in [1.82, 2.24) is 4.98 Å². The Morgan fingerprint density at radius 3 is 2.74 bits per heavy atom. The van der Waals surface area contributed by atoms with Gasteiger partial charge in [0.15, 0.2) is 0 Å². The maximum atomic E-state index is 10.8. The van der Waals surface area contributed by atoms with Crippen LogP contribution in [0.3, 0.4) is 0 Å². The van der Waals surface area contributed by atoms with Crippen molar-refractivity contribution < 1.29 is 13.2 Å². The van der Waals surface area contributed by atoms with Crippen LogP contribution in [0.15, 0.2) is 36.5 Å². The van der Waals surface area contributed by atoms with E-state index in [-0.39, 0.29) is 5.75 Å². The molecule has 0 saturated carbocycles. The fourth-order valence-electron chi connectivity index (χ4n) is 1.78. The van der Waals surface area contributed by atoms with Crippen LogP contribution >= 0.6 is 0 Å². The molecule has 0 atom stereocenters. The third kappa shape index (κ3) is 4.18. The van der Waals surface area contributed by atoms with Crippen molar-refractivity contribution in [2.75, 3.05) is 12.4 Å². The highest BCUT2D eigenvalue weighted by Gasteiger charge is 2.04. The monoisotopic (exact) mass is 280 g/mol. The Labute approximate surface area is 112 Å². The van der Waals surface area contributed by atoms with Crippen LogP contribution in [0.25, 0.3) is 10.9 Å². The van der Waals surface area contributed by atoms with Crippen LogP contribution < -0.4 is 9.88 Å². The van der Waals surface area contributed by atoms with Crippen molar-refractivity contribution in [1.29, 1.82) is 0 Å². The Balaban J connectivity index is 1.92. The molecular formula is C13H16N2O3S. The second kappa shape index (κ2) is 5.99. The lowest BCUT2D eigenvalue weighted by Crippen LogP contribution is -2.16. The Morgan fingerprint density at radius 1 is 1.16 bits per heavy atom. The van der Waals surface area contributed by atoms with Crippen molar-refractivity contribution in [3.63, 3.8) is 0 Å². The Hall–Kier alpha value is -1.66. The highest BCUT2D eigenvalue weighted by molar-refractivity contribution is 7.89. The molecule has 0 fully saturated rings. The number of para-hydroxylation sites is 1. The van der Waals surface area contributed by atoms with E-state index in [4.69, 9.17) is 9.88 Å². The number of ether oxygens (including phenoxy) is 1. The van der Waals surface area contributed by atoms with Crippen LogP contribution in [0.1, 0.15) is 12.8 Å². The molecule has 5 nitrogen and oxygen atoms in total. The minimum Gasteiger partial charge on any atom is -0.491 e. The number of unbranched alkanes of at least 4 members (excludes halogenated alkanes) is 1. The van der Waals surface area contributed by atoms with E-state index in [9.17, 15) is 8.42 Å². The molecule has 19 heavy (non-hydrogen) atoms. The predicted molar refractivity (Wildman–Crippen MR) is 74.4 cm³/mol. The molecule has 6 heteroatoms. The number of hydrogen-bond donors (Lipinski definition) is 1. The molecule has 2 N–H and O–H groups in total. The van der Waals surface area contributed by atoms with E-state index >= 15 is 0 Å². The predicted octanol–water partition coefficient (Wildman–Crippen LogP) is 1.68. The first-order valence-corrected chi connectivity index (χ1v) is 7.75. The molecule has 0 aliphatic heterocycles. The molecule has 0 spiro atoms. The van der Waals surface area contributed by atoms with Gasteiger partial charge in [-0.25, -0.2) is 13.6 Å². The van der Waals surface area contributed by atoms with Crippen molar-refractivity contribution in [2.45, 2.75) is 12.8 Å². The summed E-state index contributed by atoms with van der Waals surface area (Å²) in [7, 11) is -3.37. The van der Waals surface area contributed by atoms with Gasteiger partial charge in [-0.2, -0.15) is 0 Å². The van der Waals surface area contributed by atoms with Crippen LogP contribution in [-0.2, 0) is 10.0 Å². The number of nitrogens with zero attached hydrogens (tertiary/aromatic N) is 1. The van der Waals surface area contributed by atoms with Crippen molar-refractivity contribution in [2.24, 2.45) is 5.14 Å². The van der Waals surface area contributed by atoms with Crippen LogP contribution in [0, 0.1) is 0 Å². The normalized spacial score (nSPS) is 11.6. The van der Waals surface area contributed by atoms with Gasteiger partial charge in [0.05, 0.1) is 12.4 Å². The molecule has 1 aromatic carbocycles. The van der Waals surface area contributed by atoms with Gasteiger partial charge in [0.1, 0.15) is 11.3 Å². The Kier molecular flexibility index (Phi) is 4.34. The van der Waals surface area contributed by atoms with Crippen LogP contribution in [0.5, 0.6) is 5.75 Å². The van der Waals surface area contributed by atoms with E-state index in [2.05, 4.69) is 4.98 Å². The zero-order valence-electron chi connectivity index (χ0n) is 10.5. The summed E-state index contributed by atoms with van der Waals surface area (Å²) in [6.07, 6.45) is 2.85. The topological polar surface area (TPSA) is 82.3 Å². The molecule has 2 rings (SSSR count). The van der Waals surface area contributed by atoms with Gasteiger partial charge in [0.2, 0.25) is 10.0 Å². The number of rotatable bonds is 6. The summed E-state index contributed by atoms with van der Waals surface area (Å²) in [5.41, 5.74) is 0.816. The van der Waals surface area contributed by atoms with E-state index in [0.29, 0.717) is 25.2 Å². The number of pyridine rings is 1. The Morgan fingerprint density at radius 2 is 1.95 bits per heavy atom. The molecule has 0 amide bonds. The van der Waals surface area contributed by atoms with E-state index < -0.39 is 10.0 Å². The molecule has 0 aliphatic carbocycles. The SMILES string of the molecule is NS(=O)(=O)CCCCOc1cccc2cccnc12. The fraction of sp³-hybridized carbons (Fsp3) is 0.308. The molecule has 2 aromatic rings. The molecule has 0 unspecified atom stereocenters. The summed E-state index contributed by atoms with van der Waals surface area (Å²) in [6, 6.07) is 9.57. The van der Waals surface area contributed by atoms with E-state index in [0.717, 1.165) is 10.9 Å². The minimum atomic E-state index is -3.37. The zero-order chi connectivity index (χ0) is 13.7. The highest BCUT2D eigenvalue weighted by atomic mass is 32.2. The molecule has 0 bridgehead atoms. The van der Waals surface area contributed by atoms with Gasteiger partial charge in [-0.3, -0.25) is 4.98 Å². The Bertz CT molecular complexity index is 650. The lowest BCUT2D eigenvalue weighted by Gasteiger charge is -2.08. The van der Waals surface area contributed by atoms with Gasteiger partial charge in [0.25, 0.3) is 0 Å². The molecule has 102 valence electrons. The first-order chi connectivity index (χ1) is 9.06. The highest BCUT2D eigenvalue weighted by Crippen LogP contribution is 2.22. The van der Waals surface area contributed by atoms with E-state index in [1.165, 1.54) is 0 Å². The molecular weight excluding hydrogens is 264 g/mol. The molecule has 0 saturated heterocycles. The number of nitrogens with two attached hydrogens (primary N) is 1. The standard InChI is InChI=1S/C13H16N2O3S/c14-19(16,17)10-2-1-9-18-12-7-3-5-11-6-4-8-15-13(11)12/h3-8H,1-2,9-10H2,(H2,14,16,17). The number of primary sulfonamides is 1. The van der Waals surface area contributed by atoms with Gasteiger partial charge in [-0.15, -0.1) is 0 Å². The van der Waals surface area contributed by atoms with Gasteiger partial charge in [0, 0.05) is 11.6 Å². The summed E-state index contributed by atoms with van der Waals surface area (Å²) in [4.78, 5) is 4.28. The van der Waals surface area contributed by atoms with E-state index in [1.54, 1.807) is 6.20 Å². The summed E-state index contributed by atoms with van der Waals surface area (Å²) in [5, 5.41) is 5.94. The van der Waals surface area contributed by atoms with Crippen LogP contribution in [0.4, 0.5) is 0 Å². The van der Waals surface area contributed by atoms with E-state index in [1.807, 2.05) is 30.3 Å². The first kappa shape index (κ1) is 13.8. The maximum absolute atomic E-state index is 10.8. The van der Waals surface area contributed by atoms with Crippen molar-refractivity contribution in [3.05, 3.63) is 36.5 Å². The van der Waals surface area contributed by atoms with Gasteiger partial charge < -0.3 is 4.74 Å². The fourth-order valence-corrected chi connectivity index (χ4v) is 2.39. The summed E-state index contributed by atoms with van der Waals surface area (Å²) < 4.78 is 27.2. The second-order valence-electron chi connectivity index (χ2n) is 4.25. The number of hydrogen-bond acceptors (Lipinski definition) is 4. The minimum absolute atomic E-state index is 0.00977. The van der Waals surface area contributed by atoms with Crippen molar-refractivity contribution in [3.8, 4) is 5.75 Å². The largest absolute Gasteiger partial charge is 0.491 e. The lowest BCUT2D eigenvalue weighted by molar-refractivity contribution is 0.312. The second-order valence-corrected chi connectivity index (χ2v) is 5.99. The molecule has 0 aliphatic rings. The van der Waals surface area contributed by atoms with Crippen LogP contribution in [-0.4, -0.2) is 25.8 Å². The number of fused-ring (bicyclic) bond motifs is 1. The third-order valence-electron chi connectivity index (χ3n) is 2.68. The zero-order valence-corrected chi connectivity index (χ0v) is 11.3. The summed E-state index contributed by atoms with van der Waals surface area (Å²) in [5.74, 6) is 0.707. The van der Waals surface area contributed by atoms with Crippen LogP contribution in [0.2, 0.25) is 0 Å². The number of benzene rings is 1. The molecule has 1 heterocycles.